The van der Waals surface area contributed by atoms with Gasteiger partial charge in [0.15, 0.2) is 6.61 Å². The largest absolute Gasteiger partial charge is 0.466 e. The third-order valence-corrected chi connectivity index (χ3v) is 5.79. The number of carbonyl (C=O) groups excluding carboxylic acids is 1. The van der Waals surface area contributed by atoms with Crippen LogP contribution in [0.3, 0.4) is 0 Å². The van der Waals surface area contributed by atoms with E-state index >= 15 is 0 Å². The topological polar surface area (TPSA) is 83.6 Å². The number of halogens is 2. The van der Waals surface area contributed by atoms with Crippen molar-refractivity contribution in [3.05, 3.63) is 81.4 Å². The van der Waals surface area contributed by atoms with Gasteiger partial charge in [0.1, 0.15) is 16.9 Å². The highest BCUT2D eigenvalue weighted by Crippen LogP contribution is 2.35. The van der Waals surface area contributed by atoms with Gasteiger partial charge in [-0.2, -0.15) is 4.98 Å². The van der Waals surface area contributed by atoms with E-state index in [4.69, 9.17) is 25.5 Å². The van der Waals surface area contributed by atoms with E-state index in [1.54, 1.807) is 73.9 Å². The molecule has 36 heavy (non-hydrogen) atoms. The number of carbonyl (C=O) groups is 1. The highest BCUT2D eigenvalue weighted by Gasteiger charge is 2.21. The number of fused-ring (bicyclic) bond motifs is 5. The van der Waals surface area contributed by atoms with E-state index in [1.807, 2.05) is 0 Å². The van der Waals surface area contributed by atoms with Crippen molar-refractivity contribution in [3.8, 4) is 5.88 Å². The van der Waals surface area contributed by atoms with Crippen LogP contribution in [0, 0.1) is 5.82 Å². The third kappa shape index (κ3) is 4.52. The van der Waals surface area contributed by atoms with Gasteiger partial charge in [0, 0.05) is 38.3 Å². The normalized spacial score (nSPS) is 11.9. The van der Waals surface area contributed by atoms with E-state index in [2.05, 4.69) is 4.98 Å². The lowest BCUT2D eigenvalue weighted by molar-refractivity contribution is -0.157. The summed E-state index contributed by atoms with van der Waals surface area (Å²) in [6, 6.07) is 14.9. The summed E-state index contributed by atoms with van der Waals surface area (Å²) in [7, 11) is 0. The number of nitrogens with zero attached hydrogens (tertiary/aromatic N) is 2. The predicted octanol–water partition coefficient (Wildman–Crippen LogP) is 5.86. The van der Waals surface area contributed by atoms with Gasteiger partial charge in [-0.25, -0.2) is 14.0 Å². The Morgan fingerprint density at radius 3 is 2.64 bits per heavy atom. The molecule has 0 N–H and O–H groups in total. The summed E-state index contributed by atoms with van der Waals surface area (Å²) in [4.78, 5) is 29.5. The van der Waals surface area contributed by atoms with Crippen molar-refractivity contribution in [2.45, 2.75) is 32.9 Å². The molecule has 0 aliphatic rings. The van der Waals surface area contributed by atoms with Gasteiger partial charge >= 0.3 is 11.6 Å². The molecule has 5 rings (SSSR count). The number of esters is 1. The molecular weight excluding hydrogens is 487 g/mol. The van der Waals surface area contributed by atoms with Crippen LogP contribution in [0.4, 0.5) is 4.39 Å². The number of hydrogen-bond acceptors (Lipinski definition) is 6. The third-order valence-electron chi connectivity index (χ3n) is 5.56. The predicted molar refractivity (Wildman–Crippen MR) is 135 cm³/mol. The molecule has 2 aromatic carbocycles. The first-order valence-electron chi connectivity index (χ1n) is 11.2. The SMILES string of the molecule is CC(C)(C)OC(=O)COc1ccc2c(n1)oc(=O)c1c2c2cc(Cl)ccc2n1Cc1ccccc1F. The molecule has 0 aliphatic carbocycles. The Kier molecular flexibility index (Phi) is 5.92. The van der Waals surface area contributed by atoms with E-state index < -0.39 is 17.2 Å². The van der Waals surface area contributed by atoms with Crippen molar-refractivity contribution >= 4 is 50.5 Å². The fourth-order valence-corrected chi connectivity index (χ4v) is 4.36. The minimum absolute atomic E-state index is 0.0408. The minimum atomic E-state index is -0.645. The summed E-state index contributed by atoms with van der Waals surface area (Å²) < 4.78 is 32.5. The van der Waals surface area contributed by atoms with E-state index in [0.29, 0.717) is 32.3 Å². The number of pyridine rings is 1. The Labute approximate surface area is 210 Å². The summed E-state index contributed by atoms with van der Waals surface area (Å²) in [5, 5.41) is 2.32. The van der Waals surface area contributed by atoms with E-state index in [9.17, 15) is 14.0 Å². The lowest BCUT2D eigenvalue weighted by Crippen LogP contribution is -2.27. The zero-order valence-electron chi connectivity index (χ0n) is 19.8. The highest BCUT2D eigenvalue weighted by atomic mass is 35.5. The summed E-state index contributed by atoms with van der Waals surface area (Å²) in [6.07, 6.45) is 0. The van der Waals surface area contributed by atoms with Crippen molar-refractivity contribution in [1.82, 2.24) is 9.55 Å². The molecule has 0 atom stereocenters. The Hall–Kier alpha value is -3.91. The monoisotopic (exact) mass is 508 g/mol. The van der Waals surface area contributed by atoms with Crippen molar-refractivity contribution < 1.29 is 23.1 Å². The van der Waals surface area contributed by atoms with Crippen LogP contribution in [-0.2, 0) is 16.1 Å². The lowest BCUT2D eigenvalue weighted by atomic mass is 10.1. The summed E-state index contributed by atoms with van der Waals surface area (Å²) in [6.45, 7) is 5.05. The molecule has 0 radical (unpaired) electrons. The molecule has 0 bridgehead atoms. The van der Waals surface area contributed by atoms with Gasteiger partial charge in [-0.1, -0.05) is 29.8 Å². The lowest BCUT2D eigenvalue weighted by Gasteiger charge is -2.19. The van der Waals surface area contributed by atoms with Crippen LogP contribution in [-0.4, -0.2) is 27.7 Å². The average molecular weight is 509 g/mol. The molecule has 7 nitrogen and oxygen atoms in total. The molecule has 0 spiro atoms. The number of hydrogen-bond donors (Lipinski definition) is 0. The van der Waals surface area contributed by atoms with Gasteiger partial charge < -0.3 is 18.5 Å². The highest BCUT2D eigenvalue weighted by molar-refractivity contribution is 6.32. The molecule has 3 heterocycles. The van der Waals surface area contributed by atoms with E-state index in [-0.39, 0.29) is 36.1 Å². The Balaban J connectivity index is 1.64. The molecule has 9 heteroatoms. The smallest absolute Gasteiger partial charge is 0.362 e. The van der Waals surface area contributed by atoms with Crippen LogP contribution in [0.15, 0.2) is 63.8 Å². The van der Waals surface area contributed by atoms with Gasteiger partial charge in [0.05, 0.1) is 6.54 Å². The van der Waals surface area contributed by atoms with Crippen molar-refractivity contribution in [3.63, 3.8) is 0 Å². The van der Waals surface area contributed by atoms with Gasteiger partial charge in [-0.15, -0.1) is 0 Å². The minimum Gasteiger partial charge on any atom is -0.466 e. The van der Waals surface area contributed by atoms with Crippen LogP contribution in [0.5, 0.6) is 5.88 Å². The van der Waals surface area contributed by atoms with Crippen LogP contribution in [0.1, 0.15) is 26.3 Å². The molecule has 0 fully saturated rings. The van der Waals surface area contributed by atoms with Gasteiger partial charge in [0.2, 0.25) is 11.6 Å². The summed E-state index contributed by atoms with van der Waals surface area (Å²) in [5.74, 6) is -0.823. The number of benzene rings is 2. The first kappa shape index (κ1) is 23.8. The summed E-state index contributed by atoms with van der Waals surface area (Å²) >= 11 is 6.30. The van der Waals surface area contributed by atoms with E-state index in [0.717, 1.165) is 0 Å². The van der Waals surface area contributed by atoms with Crippen molar-refractivity contribution in [2.24, 2.45) is 0 Å². The standard InChI is InChI=1S/C27H22ClFN2O5/c1-27(2,3)36-22(32)14-34-21-11-9-17-23-18-12-16(28)8-10-20(18)31(13-15-6-4-5-7-19(15)29)24(23)26(33)35-25(17)30-21/h4-12H,13-14H2,1-3H3. The average Bonchev–Trinajstić information content (AvgIpc) is 3.12. The maximum Gasteiger partial charge on any atom is 0.362 e. The molecule has 3 aromatic heterocycles. The molecule has 0 aliphatic heterocycles. The number of rotatable bonds is 5. The number of ether oxygens (including phenoxy) is 2. The summed E-state index contributed by atoms with van der Waals surface area (Å²) in [5.41, 5.74) is 0.148. The zero-order chi connectivity index (χ0) is 25.6. The van der Waals surface area contributed by atoms with E-state index in [1.165, 1.54) is 6.07 Å². The Bertz CT molecular complexity index is 1700. The first-order valence-corrected chi connectivity index (χ1v) is 11.6. The van der Waals surface area contributed by atoms with Crippen LogP contribution in [0.2, 0.25) is 5.02 Å². The second kappa shape index (κ2) is 8.95. The molecule has 184 valence electrons. The molecule has 0 amide bonds. The second-order valence-corrected chi connectivity index (χ2v) is 9.77. The Morgan fingerprint density at radius 2 is 1.89 bits per heavy atom. The van der Waals surface area contributed by atoms with Crippen molar-refractivity contribution in [1.29, 1.82) is 0 Å². The van der Waals surface area contributed by atoms with Gasteiger partial charge in [0.25, 0.3) is 0 Å². The number of aromatic nitrogens is 2. The fraction of sp³-hybridized carbons (Fsp3) is 0.222. The van der Waals surface area contributed by atoms with Crippen LogP contribution >= 0.6 is 11.6 Å². The molecule has 0 saturated heterocycles. The van der Waals surface area contributed by atoms with Crippen LogP contribution < -0.4 is 10.4 Å². The molecule has 5 aromatic rings. The fourth-order valence-electron chi connectivity index (χ4n) is 4.18. The molecule has 0 saturated carbocycles. The quantitative estimate of drug-likeness (QED) is 0.277. The Morgan fingerprint density at radius 1 is 1.11 bits per heavy atom. The zero-order valence-corrected chi connectivity index (χ0v) is 20.6. The maximum atomic E-state index is 14.5. The molecule has 0 unspecified atom stereocenters. The second-order valence-electron chi connectivity index (χ2n) is 9.33. The van der Waals surface area contributed by atoms with Crippen molar-refractivity contribution in [2.75, 3.05) is 6.61 Å². The van der Waals surface area contributed by atoms with Crippen LogP contribution in [0.25, 0.3) is 32.9 Å². The van der Waals surface area contributed by atoms with Gasteiger partial charge in [-0.05, 0) is 51.1 Å². The first-order chi connectivity index (χ1) is 17.1. The molecular formula is C27H22ClFN2O5. The van der Waals surface area contributed by atoms with Gasteiger partial charge in [-0.3, -0.25) is 0 Å². The maximum absolute atomic E-state index is 14.5.